The van der Waals surface area contributed by atoms with Crippen LogP contribution in [-0.4, -0.2) is 28.5 Å². The zero-order valence-electron chi connectivity index (χ0n) is 11.4. The Morgan fingerprint density at radius 2 is 2.10 bits per heavy atom. The molecule has 0 aromatic heterocycles. The van der Waals surface area contributed by atoms with E-state index in [2.05, 4.69) is 0 Å². The summed E-state index contributed by atoms with van der Waals surface area (Å²) >= 11 is 1.01. The number of hydrogen-bond acceptors (Lipinski definition) is 6. The first kappa shape index (κ1) is 16.2. The minimum Gasteiger partial charge on any atom is -0.459 e. The van der Waals surface area contributed by atoms with E-state index in [1.807, 2.05) is 0 Å². The Balaban J connectivity index is 2.80. The molecule has 1 aromatic carbocycles. The van der Waals surface area contributed by atoms with Gasteiger partial charge in [-0.25, -0.2) is 0 Å². The van der Waals surface area contributed by atoms with Crippen molar-refractivity contribution in [3.8, 4) is 0 Å². The highest BCUT2D eigenvalue weighted by molar-refractivity contribution is 8.00. The highest BCUT2D eigenvalue weighted by Crippen LogP contribution is 2.30. The van der Waals surface area contributed by atoms with E-state index < -0.39 is 16.5 Å². The molecule has 0 aliphatic heterocycles. The van der Waals surface area contributed by atoms with Gasteiger partial charge in [0.1, 0.15) is 11.9 Å². The van der Waals surface area contributed by atoms with Gasteiger partial charge in [-0.05, 0) is 26.8 Å². The molecular weight excluding hydrogens is 282 g/mol. The normalized spacial score (nSPS) is 10.9. The van der Waals surface area contributed by atoms with Gasteiger partial charge in [-0.3, -0.25) is 19.7 Å². The van der Waals surface area contributed by atoms with Crippen LogP contribution in [0.15, 0.2) is 23.1 Å². The molecule has 0 N–H and O–H groups in total. The maximum atomic E-state index is 11.6. The van der Waals surface area contributed by atoms with Crippen LogP contribution in [0, 0.1) is 10.1 Å². The van der Waals surface area contributed by atoms with E-state index in [1.165, 1.54) is 18.2 Å². The van der Waals surface area contributed by atoms with E-state index in [1.54, 1.807) is 20.8 Å². The van der Waals surface area contributed by atoms with E-state index >= 15 is 0 Å². The molecule has 7 heteroatoms. The highest BCUT2D eigenvalue weighted by Gasteiger charge is 2.19. The fourth-order valence-electron chi connectivity index (χ4n) is 1.38. The molecule has 0 unspecified atom stereocenters. The Kier molecular flexibility index (Phi) is 5.26. The van der Waals surface area contributed by atoms with Gasteiger partial charge in [-0.1, -0.05) is 6.07 Å². The van der Waals surface area contributed by atoms with Gasteiger partial charge in [0.2, 0.25) is 0 Å². The van der Waals surface area contributed by atoms with Crippen molar-refractivity contribution >= 4 is 29.7 Å². The van der Waals surface area contributed by atoms with Gasteiger partial charge < -0.3 is 4.74 Å². The third-order valence-corrected chi connectivity index (χ3v) is 3.12. The lowest BCUT2D eigenvalue weighted by Crippen LogP contribution is -2.24. The van der Waals surface area contributed by atoms with E-state index in [0.717, 1.165) is 11.8 Å². The van der Waals surface area contributed by atoms with Crippen molar-refractivity contribution < 1.29 is 19.2 Å². The Morgan fingerprint density at radius 3 is 2.60 bits per heavy atom. The van der Waals surface area contributed by atoms with Crippen molar-refractivity contribution in [3.63, 3.8) is 0 Å². The van der Waals surface area contributed by atoms with Crippen LogP contribution in [-0.2, 0) is 9.53 Å². The largest absolute Gasteiger partial charge is 0.459 e. The zero-order valence-corrected chi connectivity index (χ0v) is 12.2. The standard InChI is InChI=1S/C13H15NO5S/c1-13(2,3)19-12(16)8-20-11-5-4-9(7-15)6-10(11)14(17)18/h4-7H,8H2,1-3H3. The van der Waals surface area contributed by atoms with Gasteiger partial charge in [0.15, 0.2) is 0 Å². The first-order valence-electron chi connectivity index (χ1n) is 5.81. The second-order valence-corrected chi connectivity index (χ2v) is 5.99. The molecule has 1 rings (SSSR count). The van der Waals surface area contributed by atoms with Crippen molar-refractivity contribution in [2.24, 2.45) is 0 Å². The molecule has 6 nitrogen and oxygen atoms in total. The van der Waals surface area contributed by atoms with Crippen LogP contribution in [0.25, 0.3) is 0 Å². The van der Waals surface area contributed by atoms with Gasteiger partial charge in [0.25, 0.3) is 5.69 Å². The number of carbonyl (C=O) groups is 2. The number of nitro groups is 1. The lowest BCUT2D eigenvalue weighted by Gasteiger charge is -2.19. The number of hydrogen-bond donors (Lipinski definition) is 0. The van der Waals surface area contributed by atoms with E-state index in [0.29, 0.717) is 11.2 Å². The van der Waals surface area contributed by atoms with Crippen LogP contribution in [0.1, 0.15) is 31.1 Å². The monoisotopic (exact) mass is 297 g/mol. The maximum absolute atomic E-state index is 11.6. The van der Waals surface area contributed by atoms with Crippen molar-refractivity contribution in [3.05, 3.63) is 33.9 Å². The SMILES string of the molecule is CC(C)(C)OC(=O)CSc1ccc(C=O)cc1[N+](=O)[O-]. The first-order chi connectivity index (χ1) is 9.23. The number of benzene rings is 1. The third-order valence-electron chi connectivity index (χ3n) is 2.08. The topological polar surface area (TPSA) is 86.5 Å². The number of nitro benzene ring substituents is 1. The highest BCUT2D eigenvalue weighted by atomic mass is 32.2. The predicted molar refractivity (Wildman–Crippen MR) is 75.1 cm³/mol. The molecule has 0 saturated carbocycles. The van der Waals surface area contributed by atoms with Crippen molar-refractivity contribution in [2.45, 2.75) is 31.3 Å². The third kappa shape index (κ3) is 5.00. The Hall–Kier alpha value is -1.89. The fraction of sp³-hybridized carbons (Fsp3) is 0.385. The second kappa shape index (κ2) is 6.51. The number of rotatable bonds is 5. The van der Waals surface area contributed by atoms with Crippen molar-refractivity contribution in [2.75, 3.05) is 5.75 Å². The number of esters is 1. The minimum absolute atomic E-state index is 0.0292. The molecule has 0 heterocycles. The smallest absolute Gasteiger partial charge is 0.316 e. The summed E-state index contributed by atoms with van der Waals surface area (Å²) in [6.45, 7) is 5.24. The Bertz CT molecular complexity index is 536. The van der Waals surface area contributed by atoms with E-state index in [9.17, 15) is 19.7 Å². The van der Waals surface area contributed by atoms with Crippen LogP contribution in [0.5, 0.6) is 0 Å². The molecule has 0 atom stereocenters. The average Bonchev–Trinajstić information content (AvgIpc) is 2.34. The van der Waals surface area contributed by atoms with E-state index in [4.69, 9.17) is 4.74 Å². The molecule has 0 amide bonds. The molecule has 20 heavy (non-hydrogen) atoms. The zero-order chi connectivity index (χ0) is 15.3. The molecule has 108 valence electrons. The molecule has 0 saturated heterocycles. The van der Waals surface area contributed by atoms with Crippen molar-refractivity contribution in [1.82, 2.24) is 0 Å². The molecule has 0 aliphatic rings. The summed E-state index contributed by atoms with van der Waals surface area (Å²) in [6.07, 6.45) is 0.537. The van der Waals surface area contributed by atoms with Crippen LogP contribution < -0.4 is 0 Å². The Labute approximate surface area is 120 Å². The summed E-state index contributed by atoms with van der Waals surface area (Å²) in [5.41, 5.74) is -0.563. The molecule has 0 aliphatic carbocycles. The molecule has 0 radical (unpaired) electrons. The van der Waals surface area contributed by atoms with Crippen LogP contribution >= 0.6 is 11.8 Å². The van der Waals surface area contributed by atoms with Gasteiger partial charge in [0.05, 0.1) is 15.6 Å². The number of ether oxygens (including phenoxy) is 1. The summed E-state index contributed by atoms with van der Waals surface area (Å²) in [5.74, 6) is -0.477. The summed E-state index contributed by atoms with van der Waals surface area (Å²) in [7, 11) is 0. The molecule has 0 bridgehead atoms. The fourth-order valence-corrected chi connectivity index (χ4v) is 2.16. The number of carbonyl (C=O) groups excluding carboxylic acids is 2. The van der Waals surface area contributed by atoms with Crippen LogP contribution in [0.4, 0.5) is 5.69 Å². The lowest BCUT2D eigenvalue weighted by molar-refractivity contribution is -0.387. The van der Waals surface area contributed by atoms with Gasteiger partial charge >= 0.3 is 5.97 Å². The lowest BCUT2D eigenvalue weighted by atomic mass is 10.2. The molecule has 1 aromatic rings. The Morgan fingerprint density at radius 1 is 1.45 bits per heavy atom. The van der Waals surface area contributed by atoms with Crippen LogP contribution in [0.2, 0.25) is 0 Å². The van der Waals surface area contributed by atoms with Gasteiger partial charge in [-0.2, -0.15) is 0 Å². The van der Waals surface area contributed by atoms with Gasteiger partial charge in [0, 0.05) is 11.6 Å². The second-order valence-electron chi connectivity index (χ2n) is 4.98. The molecule has 0 fully saturated rings. The number of nitrogens with zero attached hydrogens (tertiary/aromatic N) is 1. The summed E-state index contributed by atoms with van der Waals surface area (Å²) in [4.78, 5) is 32.8. The first-order valence-corrected chi connectivity index (χ1v) is 6.80. The number of thioether (sulfide) groups is 1. The number of aldehydes is 1. The average molecular weight is 297 g/mol. The van der Waals surface area contributed by atoms with Crippen molar-refractivity contribution in [1.29, 1.82) is 0 Å². The molecule has 0 spiro atoms. The summed E-state index contributed by atoms with van der Waals surface area (Å²) in [6, 6.07) is 4.11. The van der Waals surface area contributed by atoms with Gasteiger partial charge in [-0.15, -0.1) is 11.8 Å². The van der Waals surface area contributed by atoms with Crippen LogP contribution in [0.3, 0.4) is 0 Å². The predicted octanol–water partition coefficient (Wildman–Crippen LogP) is 2.84. The quantitative estimate of drug-likeness (QED) is 0.273. The summed E-state index contributed by atoms with van der Waals surface area (Å²) < 4.78 is 5.12. The van der Waals surface area contributed by atoms with E-state index in [-0.39, 0.29) is 17.0 Å². The maximum Gasteiger partial charge on any atom is 0.316 e. The minimum atomic E-state index is -0.592. The summed E-state index contributed by atoms with van der Waals surface area (Å²) in [5, 5.41) is 10.9. The molecular formula is C13H15NO5S.